The number of pyridine rings is 1. The van der Waals surface area contributed by atoms with Crippen LogP contribution in [0.3, 0.4) is 0 Å². The van der Waals surface area contributed by atoms with Gasteiger partial charge in [0.1, 0.15) is 5.01 Å². The number of nitrogens with one attached hydrogen (secondary N) is 1. The van der Waals surface area contributed by atoms with Crippen molar-refractivity contribution in [1.29, 1.82) is 0 Å². The third-order valence-corrected chi connectivity index (χ3v) is 5.91. The summed E-state index contributed by atoms with van der Waals surface area (Å²) in [6.07, 6.45) is -3.35. The molecule has 0 unspecified atom stereocenters. The minimum atomic E-state index is -5.08. The molecule has 4 rings (SSSR count). The van der Waals surface area contributed by atoms with E-state index in [2.05, 4.69) is 25.4 Å². The largest absolute Gasteiger partial charge is 0.490 e. The quantitative estimate of drug-likeness (QED) is 0.709. The van der Waals surface area contributed by atoms with E-state index < -0.39 is 17.6 Å². The van der Waals surface area contributed by atoms with Crippen LogP contribution in [0.5, 0.6) is 0 Å². The van der Waals surface area contributed by atoms with Gasteiger partial charge < -0.3 is 20.1 Å². The first-order valence-electron chi connectivity index (χ1n) is 9.23. The van der Waals surface area contributed by atoms with E-state index in [-0.39, 0.29) is 11.8 Å². The fourth-order valence-corrected chi connectivity index (χ4v) is 4.16. The Morgan fingerprint density at radius 3 is 2.71 bits per heavy atom. The van der Waals surface area contributed by atoms with Gasteiger partial charge in [-0.3, -0.25) is 9.78 Å². The summed E-state index contributed by atoms with van der Waals surface area (Å²) in [6.45, 7) is 4.86. The molecule has 2 fully saturated rings. The fourth-order valence-electron chi connectivity index (χ4n) is 3.47. The van der Waals surface area contributed by atoms with E-state index in [9.17, 15) is 18.0 Å². The number of rotatable bonds is 4. The topological polar surface area (TPSA) is 118 Å². The van der Waals surface area contributed by atoms with Crippen LogP contribution in [0.4, 0.5) is 18.3 Å². The number of hydrogen-bond donors (Lipinski definition) is 2. The second-order valence-corrected chi connectivity index (χ2v) is 8.32. The minimum Gasteiger partial charge on any atom is -0.475 e. The number of anilines is 1. The number of carboxylic acid groups (broad SMARTS) is 1. The monoisotopic (exact) mass is 459 g/mol. The van der Waals surface area contributed by atoms with Crippen LogP contribution in [-0.2, 0) is 20.9 Å². The Bertz CT molecular complexity index is 926. The average molecular weight is 459 g/mol. The molecule has 31 heavy (non-hydrogen) atoms. The fraction of sp³-hybridized carbons (Fsp3) is 0.500. The highest BCUT2D eigenvalue weighted by atomic mass is 32.1. The molecule has 2 aromatic heterocycles. The zero-order valence-electron chi connectivity index (χ0n) is 16.4. The molecule has 0 bridgehead atoms. The van der Waals surface area contributed by atoms with Gasteiger partial charge in [0, 0.05) is 25.2 Å². The maximum atomic E-state index is 12.9. The van der Waals surface area contributed by atoms with E-state index in [1.807, 2.05) is 25.1 Å². The van der Waals surface area contributed by atoms with Gasteiger partial charge in [-0.25, -0.2) is 4.79 Å². The van der Waals surface area contributed by atoms with E-state index in [0.717, 1.165) is 22.4 Å². The molecule has 13 heteroatoms. The number of hydrogen-bond acceptors (Lipinski definition) is 8. The smallest absolute Gasteiger partial charge is 0.475 e. The lowest BCUT2D eigenvalue weighted by molar-refractivity contribution is -0.192. The Balaban J connectivity index is 0.000000339. The Hall–Kier alpha value is -2.80. The normalized spacial score (nSPS) is 22.5. The van der Waals surface area contributed by atoms with Crippen molar-refractivity contribution in [2.75, 3.05) is 31.2 Å². The summed E-state index contributed by atoms with van der Waals surface area (Å²) in [5.41, 5.74) is 0.348. The molecule has 2 aliphatic rings. The predicted molar refractivity (Wildman–Crippen MR) is 103 cm³/mol. The third kappa shape index (κ3) is 5.28. The van der Waals surface area contributed by atoms with Gasteiger partial charge in [0.25, 0.3) is 0 Å². The molecule has 2 atom stereocenters. The van der Waals surface area contributed by atoms with E-state index in [0.29, 0.717) is 26.3 Å². The van der Waals surface area contributed by atoms with Crippen molar-refractivity contribution < 1.29 is 32.6 Å². The zero-order chi connectivity index (χ0) is 22.6. The molecular weight excluding hydrogens is 439 g/mol. The lowest BCUT2D eigenvalue weighted by Crippen LogP contribution is -2.46. The van der Waals surface area contributed by atoms with E-state index in [1.165, 1.54) is 0 Å². The van der Waals surface area contributed by atoms with Gasteiger partial charge in [0.05, 0.1) is 30.9 Å². The number of fused-ring (bicyclic) bond motifs is 1. The number of aliphatic carboxylic acids is 1. The molecule has 9 nitrogen and oxygen atoms in total. The van der Waals surface area contributed by atoms with Gasteiger partial charge in [-0.1, -0.05) is 17.4 Å². The van der Waals surface area contributed by atoms with Crippen LogP contribution in [0.2, 0.25) is 0 Å². The number of nitrogens with zero attached hydrogens (tertiary/aromatic N) is 4. The van der Waals surface area contributed by atoms with Crippen LogP contribution in [-0.4, -0.2) is 64.6 Å². The standard InChI is InChI=1S/C16H19N5O2S.C2HF3O2/c1-11-19-20-15(24-11)21-7-12-8-23-10-16(12,9-21)14(22)18-6-13-4-2-3-5-17-13;3-2(4,5)1(6)7/h2-5,12H,6-10H2,1H3,(H,18,22);(H,6,7)/t12-,16-;/m1./s1. The molecule has 0 aliphatic carbocycles. The van der Waals surface area contributed by atoms with Gasteiger partial charge in [0.15, 0.2) is 0 Å². The van der Waals surface area contributed by atoms with Crippen LogP contribution in [0.1, 0.15) is 10.7 Å². The summed E-state index contributed by atoms with van der Waals surface area (Å²) in [5.74, 6) is -2.53. The van der Waals surface area contributed by atoms with E-state index in [1.54, 1.807) is 17.5 Å². The van der Waals surface area contributed by atoms with Crippen LogP contribution in [0.25, 0.3) is 0 Å². The van der Waals surface area contributed by atoms with Crippen molar-refractivity contribution in [2.45, 2.75) is 19.6 Å². The van der Waals surface area contributed by atoms with Gasteiger partial charge in [0.2, 0.25) is 11.0 Å². The van der Waals surface area contributed by atoms with Crippen LogP contribution in [0.15, 0.2) is 24.4 Å². The number of alkyl halides is 3. The Morgan fingerprint density at radius 1 is 1.39 bits per heavy atom. The lowest BCUT2D eigenvalue weighted by Gasteiger charge is -2.25. The van der Waals surface area contributed by atoms with Crippen LogP contribution >= 0.6 is 11.3 Å². The molecule has 2 saturated heterocycles. The highest BCUT2D eigenvalue weighted by Gasteiger charge is 2.56. The maximum absolute atomic E-state index is 12.9. The van der Waals surface area contributed by atoms with E-state index in [4.69, 9.17) is 14.6 Å². The number of halogens is 3. The molecule has 4 heterocycles. The molecule has 1 amide bonds. The Labute approximate surface area is 179 Å². The highest BCUT2D eigenvalue weighted by Crippen LogP contribution is 2.43. The number of ether oxygens (including phenoxy) is 1. The Kier molecular flexibility index (Phi) is 6.74. The number of amides is 1. The van der Waals surface area contributed by atoms with Crippen molar-refractivity contribution >= 4 is 28.3 Å². The number of aromatic nitrogens is 3. The first-order valence-corrected chi connectivity index (χ1v) is 10.0. The van der Waals surface area contributed by atoms with Gasteiger partial charge >= 0.3 is 12.1 Å². The minimum absolute atomic E-state index is 0.0411. The van der Waals surface area contributed by atoms with Crippen LogP contribution < -0.4 is 10.2 Å². The predicted octanol–water partition coefficient (Wildman–Crippen LogP) is 1.64. The SMILES string of the molecule is Cc1nnc(N2C[C@@H]3COC[C@]3(C(=O)NCc3ccccn3)C2)s1.O=C(O)C(F)(F)F. The van der Waals surface area contributed by atoms with Crippen molar-refractivity contribution in [3.8, 4) is 0 Å². The first kappa shape index (κ1) is 22.9. The van der Waals surface area contributed by atoms with Crippen molar-refractivity contribution in [2.24, 2.45) is 11.3 Å². The molecule has 0 radical (unpaired) electrons. The summed E-state index contributed by atoms with van der Waals surface area (Å²) < 4.78 is 37.4. The molecule has 0 aromatic carbocycles. The summed E-state index contributed by atoms with van der Waals surface area (Å²) in [7, 11) is 0. The zero-order valence-corrected chi connectivity index (χ0v) is 17.2. The number of aryl methyl sites for hydroxylation is 1. The summed E-state index contributed by atoms with van der Waals surface area (Å²) in [6, 6.07) is 5.69. The second-order valence-electron chi connectivity index (χ2n) is 7.16. The molecule has 2 aliphatic heterocycles. The van der Waals surface area contributed by atoms with Crippen molar-refractivity contribution in [3.63, 3.8) is 0 Å². The maximum Gasteiger partial charge on any atom is 0.490 e. The molecule has 168 valence electrons. The van der Waals surface area contributed by atoms with Gasteiger partial charge in [-0.2, -0.15) is 13.2 Å². The lowest BCUT2D eigenvalue weighted by atomic mass is 9.80. The summed E-state index contributed by atoms with van der Waals surface area (Å²) in [4.78, 5) is 28.2. The van der Waals surface area contributed by atoms with E-state index >= 15 is 0 Å². The molecule has 2 N–H and O–H groups in total. The first-order chi connectivity index (χ1) is 14.6. The van der Waals surface area contributed by atoms with Gasteiger partial charge in [-0.15, -0.1) is 10.2 Å². The summed E-state index contributed by atoms with van der Waals surface area (Å²) >= 11 is 1.57. The summed E-state index contributed by atoms with van der Waals surface area (Å²) in [5, 5.41) is 20.3. The third-order valence-electron chi connectivity index (χ3n) is 5.01. The highest BCUT2D eigenvalue weighted by molar-refractivity contribution is 7.15. The number of carboxylic acids is 1. The Morgan fingerprint density at radius 2 is 2.13 bits per heavy atom. The van der Waals surface area contributed by atoms with Crippen molar-refractivity contribution in [1.82, 2.24) is 20.5 Å². The number of carbonyl (C=O) groups is 2. The molecule has 2 aromatic rings. The second kappa shape index (κ2) is 9.14. The van der Waals surface area contributed by atoms with Crippen molar-refractivity contribution in [3.05, 3.63) is 35.1 Å². The molecule has 0 saturated carbocycles. The number of carbonyl (C=O) groups excluding carboxylic acids is 1. The average Bonchev–Trinajstić information content (AvgIpc) is 3.40. The molecule has 0 spiro atoms. The molecular formula is C18H20F3N5O4S. The van der Waals surface area contributed by atoms with Crippen LogP contribution in [0, 0.1) is 18.3 Å². The van der Waals surface area contributed by atoms with Gasteiger partial charge in [-0.05, 0) is 19.1 Å².